The second-order valence-electron chi connectivity index (χ2n) is 3.64. The highest BCUT2D eigenvalue weighted by Gasteiger charge is 2.18. The summed E-state index contributed by atoms with van der Waals surface area (Å²) in [5.74, 6) is 0.724. The van der Waals surface area contributed by atoms with E-state index >= 15 is 0 Å². The van der Waals surface area contributed by atoms with Crippen LogP contribution in [0.4, 0.5) is 0 Å². The first-order valence-corrected chi connectivity index (χ1v) is 7.84. The van der Waals surface area contributed by atoms with E-state index in [1.165, 1.54) is 0 Å². The summed E-state index contributed by atoms with van der Waals surface area (Å²) in [5, 5.41) is 0.607. The third-order valence-electron chi connectivity index (χ3n) is 2.56. The van der Waals surface area contributed by atoms with Crippen LogP contribution < -0.4 is 10.5 Å². The summed E-state index contributed by atoms with van der Waals surface area (Å²) >= 11 is 14.8. The zero-order valence-electron chi connectivity index (χ0n) is 9.41. The van der Waals surface area contributed by atoms with Gasteiger partial charge in [-0.2, -0.15) is 0 Å². The van der Waals surface area contributed by atoms with Crippen molar-refractivity contribution in [3.05, 3.63) is 48.0 Å². The molecular formula is C12H10Br2ClNOS. The van der Waals surface area contributed by atoms with Gasteiger partial charge in [-0.25, -0.2) is 0 Å². The maximum atomic E-state index is 6.25. The monoisotopic (exact) mass is 409 g/mol. The quantitative estimate of drug-likeness (QED) is 0.773. The first-order chi connectivity index (χ1) is 8.52. The van der Waals surface area contributed by atoms with Crippen LogP contribution in [0.2, 0.25) is 5.02 Å². The lowest BCUT2D eigenvalue weighted by Gasteiger charge is -2.14. The number of nitrogens with two attached hydrogens (primary N) is 1. The molecule has 2 rings (SSSR count). The van der Waals surface area contributed by atoms with Gasteiger partial charge in [-0.05, 0) is 61.2 Å². The highest BCUT2D eigenvalue weighted by molar-refractivity contribution is 9.12. The van der Waals surface area contributed by atoms with Gasteiger partial charge >= 0.3 is 0 Å². The van der Waals surface area contributed by atoms with Crippen molar-refractivity contribution in [3.63, 3.8) is 0 Å². The van der Waals surface area contributed by atoms with Gasteiger partial charge < -0.3 is 10.5 Å². The number of thiophene rings is 1. The van der Waals surface area contributed by atoms with Crippen LogP contribution in [0.25, 0.3) is 0 Å². The van der Waals surface area contributed by atoms with Crippen molar-refractivity contribution < 1.29 is 4.74 Å². The number of hydrogen-bond donors (Lipinski definition) is 1. The van der Waals surface area contributed by atoms with E-state index in [-0.39, 0.29) is 6.04 Å². The number of rotatable bonds is 3. The zero-order chi connectivity index (χ0) is 13.3. The standard InChI is InChI=1S/C12H10Br2ClNOS/c1-17-6-2-3-7(9(15)4-6)11(16)8-5-10(13)18-12(8)14/h2-5,11H,16H2,1H3. The minimum Gasteiger partial charge on any atom is -0.497 e. The van der Waals surface area contributed by atoms with E-state index in [9.17, 15) is 0 Å². The van der Waals surface area contributed by atoms with Crippen LogP contribution in [0.5, 0.6) is 5.75 Å². The molecule has 0 spiro atoms. The summed E-state index contributed by atoms with van der Waals surface area (Å²) in [6, 6.07) is 7.26. The van der Waals surface area contributed by atoms with Crippen LogP contribution in [0, 0.1) is 0 Å². The van der Waals surface area contributed by atoms with Gasteiger partial charge in [0.1, 0.15) is 5.75 Å². The Balaban J connectivity index is 2.39. The second kappa shape index (κ2) is 5.92. The Kier molecular flexibility index (Phi) is 4.72. The van der Waals surface area contributed by atoms with Gasteiger partial charge in [0.2, 0.25) is 0 Å². The summed E-state index contributed by atoms with van der Waals surface area (Å²) in [7, 11) is 1.61. The topological polar surface area (TPSA) is 35.2 Å². The molecule has 2 nitrogen and oxygen atoms in total. The van der Waals surface area contributed by atoms with Crippen molar-refractivity contribution in [2.75, 3.05) is 7.11 Å². The van der Waals surface area contributed by atoms with E-state index in [0.717, 1.165) is 24.4 Å². The van der Waals surface area contributed by atoms with Crippen molar-refractivity contribution in [2.24, 2.45) is 5.73 Å². The molecule has 0 radical (unpaired) electrons. The lowest BCUT2D eigenvalue weighted by molar-refractivity contribution is 0.414. The van der Waals surface area contributed by atoms with Crippen LogP contribution >= 0.6 is 54.8 Å². The van der Waals surface area contributed by atoms with E-state index in [0.29, 0.717) is 5.02 Å². The normalized spacial score (nSPS) is 12.5. The largest absolute Gasteiger partial charge is 0.497 e. The number of hydrogen-bond acceptors (Lipinski definition) is 3. The van der Waals surface area contributed by atoms with Gasteiger partial charge in [-0.1, -0.05) is 17.7 Å². The minimum atomic E-state index is -0.264. The van der Waals surface area contributed by atoms with Crippen molar-refractivity contribution in [1.82, 2.24) is 0 Å². The van der Waals surface area contributed by atoms with E-state index in [1.54, 1.807) is 24.5 Å². The summed E-state index contributed by atoms with van der Waals surface area (Å²) < 4.78 is 7.16. The smallest absolute Gasteiger partial charge is 0.120 e. The Labute approximate surface area is 131 Å². The fraction of sp³-hybridized carbons (Fsp3) is 0.167. The molecule has 0 aliphatic heterocycles. The first kappa shape index (κ1) is 14.3. The maximum absolute atomic E-state index is 6.25. The fourth-order valence-corrected chi connectivity index (χ4v) is 4.84. The van der Waals surface area contributed by atoms with E-state index in [2.05, 4.69) is 31.9 Å². The molecule has 0 fully saturated rings. The highest BCUT2D eigenvalue weighted by atomic mass is 79.9. The molecule has 0 saturated carbocycles. The highest BCUT2D eigenvalue weighted by Crippen LogP contribution is 2.38. The van der Waals surface area contributed by atoms with Gasteiger partial charge in [-0.3, -0.25) is 0 Å². The molecule has 1 aromatic carbocycles. The number of benzene rings is 1. The minimum absolute atomic E-state index is 0.264. The lowest BCUT2D eigenvalue weighted by Crippen LogP contribution is -2.12. The number of halogens is 3. The Morgan fingerprint density at radius 3 is 2.50 bits per heavy atom. The van der Waals surface area contributed by atoms with Crippen LogP contribution in [-0.2, 0) is 0 Å². The van der Waals surface area contributed by atoms with Crippen LogP contribution in [-0.4, -0.2) is 7.11 Å². The molecule has 1 aromatic heterocycles. The molecule has 2 aromatic rings. The zero-order valence-corrected chi connectivity index (χ0v) is 14.2. The molecule has 0 bridgehead atoms. The molecule has 1 heterocycles. The van der Waals surface area contributed by atoms with Crippen molar-refractivity contribution in [2.45, 2.75) is 6.04 Å². The number of methoxy groups -OCH3 is 1. The molecule has 2 N–H and O–H groups in total. The van der Waals surface area contributed by atoms with E-state index in [1.807, 2.05) is 18.2 Å². The second-order valence-corrected chi connectivity index (χ2v) is 7.80. The van der Waals surface area contributed by atoms with Gasteiger partial charge in [0, 0.05) is 5.02 Å². The molecular weight excluding hydrogens is 401 g/mol. The maximum Gasteiger partial charge on any atom is 0.120 e. The van der Waals surface area contributed by atoms with Gasteiger partial charge in [0.25, 0.3) is 0 Å². The molecule has 0 saturated heterocycles. The van der Waals surface area contributed by atoms with Gasteiger partial charge in [-0.15, -0.1) is 11.3 Å². The predicted molar refractivity (Wildman–Crippen MR) is 83.8 cm³/mol. The van der Waals surface area contributed by atoms with Gasteiger partial charge in [0.15, 0.2) is 0 Å². The van der Waals surface area contributed by atoms with E-state index in [4.69, 9.17) is 22.1 Å². The van der Waals surface area contributed by atoms with Crippen molar-refractivity contribution >= 4 is 54.8 Å². The molecule has 0 aliphatic carbocycles. The molecule has 1 atom stereocenters. The predicted octanol–water partition coefficient (Wildman–Crippen LogP) is 4.98. The summed E-state index contributed by atoms with van der Waals surface area (Å²) in [5.41, 5.74) is 8.14. The first-order valence-electron chi connectivity index (χ1n) is 5.06. The average molecular weight is 412 g/mol. The SMILES string of the molecule is COc1ccc(C(N)c2cc(Br)sc2Br)c(Cl)c1. The Bertz CT molecular complexity index is 573. The Hall–Kier alpha value is -0.0700. The summed E-state index contributed by atoms with van der Waals surface area (Å²) in [6.45, 7) is 0. The Morgan fingerprint density at radius 2 is 2.00 bits per heavy atom. The lowest BCUT2D eigenvalue weighted by atomic mass is 10.0. The third-order valence-corrected chi connectivity index (χ3v) is 5.27. The molecule has 1 unspecified atom stereocenters. The van der Waals surface area contributed by atoms with Crippen molar-refractivity contribution in [1.29, 1.82) is 0 Å². The molecule has 96 valence electrons. The third kappa shape index (κ3) is 2.91. The van der Waals surface area contributed by atoms with Crippen LogP contribution in [0.3, 0.4) is 0 Å². The van der Waals surface area contributed by atoms with Crippen LogP contribution in [0.15, 0.2) is 31.8 Å². The fourth-order valence-electron chi connectivity index (χ4n) is 1.62. The summed E-state index contributed by atoms with van der Waals surface area (Å²) in [4.78, 5) is 0. The molecule has 0 aliphatic rings. The van der Waals surface area contributed by atoms with Crippen LogP contribution in [0.1, 0.15) is 17.2 Å². The average Bonchev–Trinajstić information content (AvgIpc) is 2.67. The molecule has 0 amide bonds. The van der Waals surface area contributed by atoms with E-state index < -0.39 is 0 Å². The molecule has 18 heavy (non-hydrogen) atoms. The molecule has 6 heteroatoms. The van der Waals surface area contributed by atoms with Crippen molar-refractivity contribution in [3.8, 4) is 5.75 Å². The van der Waals surface area contributed by atoms with Gasteiger partial charge in [0.05, 0.1) is 20.7 Å². The Morgan fingerprint density at radius 1 is 1.28 bits per heavy atom. The number of ether oxygens (including phenoxy) is 1. The summed E-state index contributed by atoms with van der Waals surface area (Å²) in [6.07, 6.45) is 0.